The normalized spacial score (nSPS) is 12.3. The van der Waals surface area contributed by atoms with Crippen LogP contribution in [0.4, 0.5) is 0 Å². The molecule has 4 aromatic carbocycles. The molecule has 0 amide bonds. The van der Waals surface area contributed by atoms with E-state index in [2.05, 4.69) is 126 Å². The average Bonchev–Trinajstić information content (AvgIpc) is 3.39. The van der Waals surface area contributed by atoms with Crippen molar-refractivity contribution in [1.82, 2.24) is 14.5 Å². The largest absolute Gasteiger partial charge is 0.507 e. The summed E-state index contributed by atoms with van der Waals surface area (Å²) < 4.78 is 2.29. The van der Waals surface area contributed by atoms with Gasteiger partial charge in [-0.05, 0) is 81.5 Å². The van der Waals surface area contributed by atoms with E-state index >= 15 is 0 Å². The van der Waals surface area contributed by atoms with Gasteiger partial charge in [0.15, 0.2) is 0 Å². The molecule has 0 fully saturated rings. The number of hydrogen-bond acceptors (Lipinski definition) is 3. The van der Waals surface area contributed by atoms with Crippen molar-refractivity contribution in [2.24, 2.45) is 0 Å². The first-order chi connectivity index (χ1) is 21.3. The number of phenols is 1. The number of para-hydroxylation sites is 3. The lowest BCUT2D eigenvalue weighted by atomic mass is 9.82. The molecule has 0 atom stereocenters. The van der Waals surface area contributed by atoms with Crippen LogP contribution in [0.5, 0.6) is 5.75 Å². The number of nitrogens with zero attached hydrogens (tertiary/aromatic N) is 3. The van der Waals surface area contributed by atoms with Crippen LogP contribution in [0.15, 0.2) is 103 Å². The van der Waals surface area contributed by atoms with Gasteiger partial charge in [0.05, 0.1) is 28.0 Å². The van der Waals surface area contributed by atoms with Crippen LogP contribution >= 0.6 is 0 Å². The lowest BCUT2D eigenvalue weighted by Crippen LogP contribution is -2.18. The molecule has 0 bridgehead atoms. The Kier molecular flexibility index (Phi) is 7.64. The Bertz CT molecular complexity index is 2000. The number of rotatable bonds is 5. The van der Waals surface area contributed by atoms with Crippen molar-refractivity contribution in [3.63, 3.8) is 0 Å². The fourth-order valence-electron chi connectivity index (χ4n) is 6.18. The Hall–Kier alpha value is -4.70. The van der Waals surface area contributed by atoms with E-state index in [4.69, 9.17) is 4.98 Å². The molecule has 0 aliphatic rings. The Morgan fingerprint density at radius 2 is 1.38 bits per heavy atom. The third-order valence-electron chi connectivity index (χ3n) is 8.62. The van der Waals surface area contributed by atoms with Crippen molar-refractivity contribution < 1.29 is 5.11 Å². The minimum Gasteiger partial charge on any atom is -0.507 e. The highest BCUT2D eigenvalue weighted by Crippen LogP contribution is 2.43. The zero-order valence-electron chi connectivity index (χ0n) is 27.7. The molecule has 0 aliphatic heterocycles. The number of aromatic nitrogens is 3. The topological polar surface area (TPSA) is 50.9 Å². The molecule has 0 unspecified atom stereocenters. The van der Waals surface area contributed by atoms with Gasteiger partial charge in [0, 0.05) is 17.3 Å². The maximum atomic E-state index is 11.2. The predicted molar refractivity (Wildman–Crippen MR) is 188 cm³/mol. The summed E-state index contributed by atoms with van der Waals surface area (Å²) in [4.78, 5) is 10.1. The third-order valence-corrected chi connectivity index (χ3v) is 8.62. The van der Waals surface area contributed by atoms with Crippen LogP contribution in [-0.4, -0.2) is 19.6 Å². The Balaban J connectivity index is 1.74. The molecule has 0 aliphatic carbocycles. The molecule has 2 aromatic heterocycles. The van der Waals surface area contributed by atoms with Crippen molar-refractivity contribution in [3.8, 4) is 45.2 Å². The van der Waals surface area contributed by atoms with Crippen LogP contribution < -0.4 is 0 Å². The summed E-state index contributed by atoms with van der Waals surface area (Å²) in [5.74, 6) is 1.22. The lowest BCUT2D eigenvalue weighted by molar-refractivity contribution is 0.477. The standard InChI is InChI=1S/C41H43N3O/c1-26(2)30-16-13-18-33(41(6,7)8)38(30)44-35-20-14-17-31(37(35)43-39(44)32-15-9-10-21-36(32)45)27-23-28(34-19-11-12-22-42-34)25-29(24-27)40(3,4)5/h9-26,45H,1-8H3. The first-order valence-electron chi connectivity index (χ1n) is 15.9. The summed E-state index contributed by atoms with van der Waals surface area (Å²) in [6, 6.07) is 33.4. The van der Waals surface area contributed by atoms with E-state index in [1.54, 1.807) is 6.07 Å². The number of imidazole rings is 1. The van der Waals surface area contributed by atoms with Gasteiger partial charge in [-0.3, -0.25) is 9.55 Å². The van der Waals surface area contributed by atoms with Gasteiger partial charge in [0.2, 0.25) is 0 Å². The van der Waals surface area contributed by atoms with Gasteiger partial charge in [-0.15, -0.1) is 0 Å². The summed E-state index contributed by atoms with van der Waals surface area (Å²) in [6.07, 6.45) is 1.85. The first kappa shape index (κ1) is 30.3. The van der Waals surface area contributed by atoms with Gasteiger partial charge in [0.1, 0.15) is 11.6 Å². The molecule has 228 valence electrons. The fraction of sp³-hybridized carbons (Fsp3) is 0.268. The number of pyridine rings is 1. The summed E-state index contributed by atoms with van der Waals surface area (Å²) in [7, 11) is 0. The molecule has 4 nitrogen and oxygen atoms in total. The van der Waals surface area contributed by atoms with E-state index in [9.17, 15) is 5.11 Å². The van der Waals surface area contributed by atoms with Gasteiger partial charge < -0.3 is 5.11 Å². The quantitative estimate of drug-likeness (QED) is 0.216. The molecule has 2 heterocycles. The first-order valence-corrected chi connectivity index (χ1v) is 15.9. The van der Waals surface area contributed by atoms with Crippen molar-refractivity contribution in [2.75, 3.05) is 0 Å². The molecular formula is C41H43N3O. The van der Waals surface area contributed by atoms with Crippen molar-refractivity contribution in [1.29, 1.82) is 0 Å². The highest BCUT2D eigenvalue weighted by molar-refractivity contribution is 5.97. The summed E-state index contributed by atoms with van der Waals surface area (Å²) in [5, 5.41) is 11.2. The molecule has 45 heavy (non-hydrogen) atoms. The number of aromatic hydroxyl groups is 1. The number of hydrogen-bond donors (Lipinski definition) is 1. The smallest absolute Gasteiger partial charge is 0.149 e. The van der Waals surface area contributed by atoms with E-state index < -0.39 is 0 Å². The van der Waals surface area contributed by atoms with Crippen LogP contribution in [0.25, 0.3) is 50.5 Å². The van der Waals surface area contributed by atoms with E-state index in [1.807, 2.05) is 36.5 Å². The van der Waals surface area contributed by atoms with Gasteiger partial charge >= 0.3 is 0 Å². The molecule has 6 rings (SSSR count). The van der Waals surface area contributed by atoms with Crippen molar-refractivity contribution in [3.05, 3.63) is 120 Å². The molecule has 1 N–H and O–H groups in total. The molecule has 4 heteroatoms. The summed E-state index contributed by atoms with van der Waals surface area (Å²) in [6.45, 7) is 18.0. The Morgan fingerprint density at radius 1 is 0.689 bits per heavy atom. The molecular weight excluding hydrogens is 550 g/mol. The molecule has 0 saturated carbocycles. The highest BCUT2D eigenvalue weighted by Gasteiger charge is 2.28. The zero-order valence-corrected chi connectivity index (χ0v) is 27.7. The van der Waals surface area contributed by atoms with Gasteiger partial charge in [0.25, 0.3) is 0 Å². The summed E-state index contributed by atoms with van der Waals surface area (Å²) >= 11 is 0. The van der Waals surface area contributed by atoms with E-state index in [-0.39, 0.29) is 22.5 Å². The zero-order chi connectivity index (χ0) is 32.1. The minimum absolute atomic E-state index is 0.0639. The van der Waals surface area contributed by atoms with Gasteiger partial charge in [-0.1, -0.05) is 110 Å². The second-order valence-corrected chi connectivity index (χ2v) is 14.4. The minimum atomic E-state index is -0.122. The maximum absolute atomic E-state index is 11.2. The molecule has 0 radical (unpaired) electrons. The van der Waals surface area contributed by atoms with Crippen molar-refractivity contribution >= 4 is 11.0 Å². The SMILES string of the molecule is CC(C)c1cccc(C(C)(C)C)c1-n1c(-c2ccccc2O)nc2c(-c3cc(-c4ccccn4)cc(C(C)(C)C)c3)cccc21. The fourth-order valence-corrected chi connectivity index (χ4v) is 6.18. The number of phenolic OH excluding ortho intramolecular Hbond substituents is 1. The number of benzene rings is 4. The van der Waals surface area contributed by atoms with Crippen LogP contribution in [-0.2, 0) is 10.8 Å². The average molecular weight is 594 g/mol. The van der Waals surface area contributed by atoms with Crippen molar-refractivity contribution in [2.45, 2.75) is 72.1 Å². The van der Waals surface area contributed by atoms with Crippen LogP contribution in [0, 0.1) is 0 Å². The van der Waals surface area contributed by atoms with Gasteiger partial charge in [-0.2, -0.15) is 0 Å². The highest BCUT2D eigenvalue weighted by atomic mass is 16.3. The molecule has 6 aromatic rings. The second-order valence-electron chi connectivity index (χ2n) is 14.4. The van der Waals surface area contributed by atoms with Crippen LogP contribution in [0.3, 0.4) is 0 Å². The van der Waals surface area contributed by atoms with E-state index in [0.717, 1.165) is 44.9 Å². The van der Waals surface area contributed by atoms with Crippen LogP contribution in [0.1, 0.15) is 78.0 Å². The Labute approximate surface area is 267 Å². The molecule has 0 spiro atoms. The summed E-state index contributed by atoms with van der Waals surface area (Å²) in [5.41, 5.74) is 11.4. The van der Waals surface area contributed by atoms with E-state index in [1.165, 1.54) is 16.7 Å². The second kappa shape index (κ2) is 11.3. The number of fused-ring (bicyclic) bond motifs is 1. The molecule has 0 saturated heterocycles. The monoisotopic (exact) mass is 593 g/mol. The third kappa shape index (κ3) is 5.66. The lowest BCUT2D eigenvalue weighted by Gasteiger charge is -2.28. The van der Waals surface area contributed by atoms with Crippen LogP contribution in [0.2, 0.25) is 0 Å². The maximum Gasteiger partial charge on any atom is 0.149 e. The van der Waals surface area contributed by atoms with E-state index in [0.29, 0.717) is 5.56 Å². The van der Waals surface area contributed by atoms with Gasteiger partial charge in [-0.25, -0.2) is 4.98 Å². The Morgan fingerprint density at radius 3 is 2.04 bits per heavy atom. The predicted octanol–water partition coefficient (Wildman–Crippen LogP) is 10.8.